The van der Waals surface area contributed by atoms with Gasteiger partial charge >= 0.3 is 0 Å². The molecule has 4 aromatic rings. The Morgan fingerprint density at radius 3 is 1.08 bits per heavy atom. The molecule has 176 valence electrons. The normalized spacial score (nSPS) is 32.0. The Morgan fingerprint density at radius 1 is 0.389 bits per heavy atom. The van der Waals surface area contributed by atoms with Crippen LogP contribution >= 0.6 is 0 Å². The van der Waals surface area contributed by atoms with Gasteiger partial charge in [0.1, 0.15) is 0 Å². The SMILES string of the molecule is C(#CC12CC3(c4ccccc4)CC(c4ccccc4)(C1)CC(c1ccccc1)(C2)C3)c1ccccc1. The Hall–Kier alpha value is -3.56. The molecule has 0 aromatic heterocycles. The molecule has 0 amide bonds. The monoisotopic (exact) mass is 464 g/mol. The molecule has 4 saturated carbocycles. The maximum atomic E-state index is 3.98. The van der Waals surface area contributed by atoms with Crippen LogP contribution in [-0.4, -0.2) is 0 Å². The second kappa shape index (κ2) is 7.97. The largest absolute Gasteiger partial charge is 0.0910 e. The summed E-state index contributed by atoms with van der Waals surface area (Å²) in [5.74, 6) is 7.63. The van der Waals surface area contributed by atoms with Gasteiger partial charge in [-0.2, -0.15) is 0 Å². The molecule has 0 unspecified atom stereocenters. The number of benzene rings is 4. The van der Waals surface area contributed by atoms with Gasteiger partial charge in [-0.15, -0.1) is 0 Å². The van der Waals surface area contributed by atoms with E-state index in [1.54, 1.807) is 0 Å². The third kappa shape index (κ3) is 3.37. The van der Waals surface area contributed by atoms with Gasteiger partial charge in [0.2, 0.25) is 0 Å². The van der Waals surface area contributed by atoms with Crippen LogP contribution < -0.4 is 0 Å². The zero-order chi connectivity index (χ0) is 24.1. The lowest BCUT2D eigenvalue weighted by molar-refractivity contribution is -0.0803. The Balaban J connectivity index is 1.48. The first-order chi connectivity index (χ1) is 17.6. The van der Waals surface area contributed by atoms with Crippen LogP contribution in [-0.2, 0) is 16.2 Å². The van der Waals surface area contributed by atoms with E-state index in [0.717, 1.165) is 24.8 Å². The summed E-state index contributed by atoms with van der Waals surface area (Å²) < 4.78 is 0. The van der Waals surface area contributed by atoms with Gasteiger partial charge in [0.25, 0.3) is 0 Å². The van der Waals surface area contributed by atoms with Crippen LogP contribution in [0.15, 0.2) is 121 Å². The van der Waals surface area contributed by atoms with Crippen molar-refractivity contribution in [2.45, 2.75) is 54.8 Å². The molecule has 0 radical (unpaired) electrons. The van der Waals surface area contributed by atoms with Gasteiger partial charge in [0.05, 0.1) is 0 Å². The lowest BCUT2D eigenvalue weighted by Gasteiger charge is -2.70. The summed E-state index contributed by atoms with van der Waals surface area (Å²) in [6.45, 7) is 0. The average molecular weight is 465 g/mol. The van der Waals surface area contributed by atoms with Crippen LogP contribution in [0.4, 0.5) is 0 Å². The standard InChI is InChI=1S/C36H32/c1-5-13-29(14-6-1)21-22-33-23-34(30-15-7-2-8-16-30)26-35(24-33,31-17-9-3-10-18-31)28-36(25-33,27-34)32-19-11-4-12-20-32/h1-20H,23-28H2. The van der Waals surface area contributed by atoms with Gasteiger partial charge in [-0.05, 0) is 83.6 Å². The summed E-state index contributed by atoms with van der Waals surface area (Å²) in [6, 6.07) is 44.8. The molecule has 0 atom stereocenters. The fourth-order valence-electron chi connectivity index (χ4n) is 8.79. The highest BCUT2D eigenvalue weighted by Crippen LogP contribution is 2.74. The van der Waals surface area contributed by atoms with Crippen molar-refractivity contribution in [1.82, 2.24) is 0 Å². The molecule has 4 fully saturated rings. The van der Waals surface area contributed by atoms with Crippen LogP contribution in [0, 0.1) is 17.3 Å². The molecule has 0 nitrogen and oxygen atoms in total. The molecule has 4 aliphatic carbocycles. The summed E-state index contributed by atoms with van der Waals surface area (Å²) in [4.78, 5) is 0. The van der Waals surface area contributed by atoms with Gasteiger partial charge in [-0.3, -0.25) is 0 Å². The average Bonchev–Trinajstić information content (AvgIpc) is 2.93. The van der Waals surface area contributed by atoms with Crippen molar-refractivity contribution in [3.8, 4) is 11.8 Å². The van der Waals surface area contributed by atoms with Gasteiger partial charge in [0, 0.05) is 11.0 Å². The second-order valence-electron chi connectivity index (χ2n) is 11.9. The molecule has 4 aromatic carbocycles. The minimum atomic E-state index is -0.00782. The van der Waals surface area contributed by atoms with Gasteiger partial charge in [0.15, 0.2) is 0 Å². The second-order valence-corrected chi connectivity index (χ2v) is 11.9. The van der Waals surface area contributed by atoms with Crippen molar-refractivity contribution in [3.63, 3.8) is 0 Å². The zero-order valence-electron chi connectivity index (χ0n) is 20.8. The summed E-state index contributed by atoms with van der Waals surface area (Å²) in [5, 5.41) is 0. The Bertz CT molecular complexity index is 1280. The van der Waals surface area contributed by atoms with Gasteiger partial charge < -0.3 is 0 Å². The highest BCUT2D eigenvalue weighted by atomic mass is 14.7. The summed E-state index contributed by atoms with van der Waals surface area (Å²) in [6.07, 6.45) is 7.14. The zero-order valence-corrected chi connectivity index (χ0v) is 20.8. The molecule has 0 spiro atoms. The third-order valence-electron chi connectivity index (χ3n) is 9.46. The number of hydrogen-bond acceptors (Lipinski definition) is 0. The van der Waals surface area contributed by atoms with Crippen molar-refractivity contribution < 1.29 is 0 Å². The molecule has 0 heterocycles. The minimum absolute atomic E-state index is 0.00782. The molecule has 0 heteroatoms. The van der Waals surface area contributed by atoms with Crippen LogP contribution in [0.3, 0.4) is 0 Å². The van der Waals surface area contributed by atoms with Crippen molar-refractivity contribution in [3.05, 3.63) is 144 Å². The van der Waals surface area contributed by atoms with E-state index in [4.69, 9.17) is 0 Å². The van der Waals surface area contributed by atoms with Gasteiger partial charge in [-0.1, -0.05) is 121 Å². The Labute approximate surface area is 215 Å². The van der Waals surface area contributed by atoms with E-state index in [1.165, 1.54) is 36.0 Å². The summed E-state index contributed by atoms with van der Waals surface area (Å²) in [7, 11) is 0. The smallest absolute Gasteiger partial charge is 0.0343 e. The lowest BCUT2D eigenvalue weighted by Crippen LogP contribution is -2.65. The van der Waals surface area contributed by atoms with E-state index in [1.807, 2.05) is 0 Å². The maximum Gasteiger partial charge on any atom is 0.0343 e. The first-order valence-electron chi connectivity index (χ1n) is 13.4. The number of rotatable bonds is 3. The fourth-order valence-corrected chi connectivity index (χ4v) is 8.79. The topological polar surface area (TPSA) is 0 Å². The van der Waals surface area contributed by atoms with E-state index in [0.29, 0.717) is 0 Å². The Morgan fingerprint density at radius 2 is 0.722 bits per heavy atom. The van der Waals surface area contributed by atoms with E-state index in [-0.39, 0.29) is 21.7 Å². The molecule has 4 aliphatic rings. The van der Waals surface area contributed by atoms with E-state index in [2.05, 4.69) is 133 Å². The van der Waals surface area contributed by atoms with Crippen LogP contribution in [0.2, 0.25) is 0 Å². The fraction of sp³-hybridized carbons (Fsp3) is 0.278. The molecule has 0 aliphatic heterocycles. The van der Waals surface area contributed by atoms with Crippen molar-refractivity contribution in [1.29, 1.82) is 0 Å². The maximum absolute atomic E-state index is 3.98. The van der Waals surface area contributed by atoms with Crippen molar-refractivity contribution in [2.24, 2.45) is 5.41 Å². The molecule has 4 bridgehead atoms. The molecule has 0 N–H and O–H groups in total. The first-order valence-corrected chi connectivity index (χ1v) is 13.4. The molecule has 0 saturated heterocycles. The van der Waals surface area contributed by atoms with Crippen molar-refractivity contribution in [2.75, 3.05) is 0 Å². The predicted molar refractivity (Wildman–Crippen MR) is 148 cm³/mol. The summed E-state index contributed by atoms with van der Waals surface area (Å²) >= 11 is 0. The van der Waals surface area contributed by atoms with E-state index >= 15 is 0 Å². The first kappa shape index (κ1) is 21.7. The molecular formula is C36H32. The highest BCUT2D eigenvalue weighted by Gasteiger charge is 2.68. The minimum Gasteiger partial charge on any atom is -0.0910 e. The summed E-state index contributed by atoms with van der Waals surface area (Å²) in [5.41, 5.74) is 6.05. The van der Waals surface area contributed by atoms with Crippen molar-refractivity contribution >= 4 is 0 Å². The Kier molecular flexibility index (Phi) is 4.81. The van der Waals surface area contributed by atoms with Crippen LogP contribution in [0.25, 0.3) is 0 Å². The quantitative estimate of drug-likeness (QED) is 0.268. The lowest BCUT2D eigenvalue weighted by atomic mass is 9.33. The molecule has 36 heavy (non-hydrogen) atoms. The predicted octanol–water partition coefficient (Wildman–Crippen LogP) is 8.22. The van der Waals surface area contributed by atoms with Crippen LogP contribution in [0.1, 0.15) is 60.8 Å². The number of hydrogen-bond donors (Lipinski definition) is 0. The van der Waals surface area contributed by atoms with E-state index in [9.17, 15) is 0 Å². The highest BCUT2D eigenvalue weighted by molar-refractivity contribution is 5.48. The molecule has 8 rings (SSSR count). The van der Waals surface area contributed by atoms with E-state index < -0.39 is 0 Å². The third-order valence-corrected chi connectivity index (χ3v) is 9.46. The van der Waals surface area contributed by atoms with Crippen LogP contribution in [0.5, 0.6) is 0 Å². The van der Waals surface area contributed by atoms with Gasteiger partial charge in [-0.25, -0.2) is 0 Å². The molecular weight excluding hydrogens is 432 g/mol.